The quantitative estimate of drug-likeness (QED) is 0.866. The smallest absolute Gasteiger partial charge is 0.224 e. The van der Waals surface area contributed by atoms with Gasteiger partial charge in [0.2, 0.25) is 5.91 Å². The van der Waals surface area contributed by atoms with E-state index in [1.807, 2.05) is 4.90 Å². The standard InChI is InChI=1S/C16H23FN2O2/c1-13(12-14-2-4-15(17)5-3-14)18-7-6-16(20)19-8-10-21-11-9-19/h2-5,13,18H,6-12H2,1H3. The normalized spacial score (nSPS) is 16.8. The van der Waals surface area contributed by atoms with E-state index >= 15 is 0 Å². The Hall–Kier alpha value is -1.46. The fraction of sp³-hybridized carbons (Fsp3) is 0.562. The van der Waals surface area contributed by atoms with E-state index in [4.69, 9.17) is 4.74 Å². The fourth-order valence-corrected chi connectivity index (χ4v) is 2.44. The minimum Gasteiger partial charge on any atom is -0.378 e. The Bertz CT molecular complexity index is 444. The largest absolute Gasteiger partial charge is 0.378 e. The van der Waals surface area contributed by atoms with Gasteiger partial charge in [-0.05, 0) is 31.0 Å². The van der Waals surface area contributed by atoms with Crippen LogP contribution in [0.1, 0.15) is 18.9 Å². The molecule has 1 fully saturated rings. The maximum absolute atomic E-state index is 12.8. The van der Waals surface area contributed by atoms with Crippen LogP contribution in [0.3, 0.4) is 0 Å². The molecule has 1 aromatic rings. The summed E-state index contributed by atoms with van der Waals surface area (Å²) in [7, 11) is 0. The Labute approximate surface area is 125 Å². The Kier molecular flexibility index (Phi) is 6.14. The molecule has 5 heteroatoms. The van der Waals surface area contributed by atoms with Gasteiger partial charge in [-0.2, -0.15) is 0 Å². The Morgan fingerprint density at radius 2 is 2.00 bits per heavy atom. The molecule has 1 unspecified atom stereocenters. The highest BCUT2D eigenvalue weighted by atomic mass is 19.1. The maximum Gasteiger partial charge on any atom is 0.224 e. The van der Waals surface area contributed by atoms with Crippen LogP contribution in [0.25, 0.3) is 0 Å². The molecule has 0 aromatic heterocycles. The first kappa shape index (κ1) is 15.9. The molecule has 1 aromatic carbocycles. The predicted molar refractivity (Wildman–Crippen MR) is 79.6 cm³/mol. The van der Waals surface area contributed by atoms with Crippen molar-refractivity contribution in [3.05, 3.63) is 35.6 Å². The molecule has 1 atom stereocenters. The van der Waals surface area contributed by atoms with Gasteiger partial charge in [0.1, 0.15) is 5.82 Å². The summed E-state index contributed by atoms with van der Waals surface area (Å²) in [6, 6.07) is 6.81. The Morgan fingerprint density at radius 1 is 1.33 bits per heavy atom. The molecule has 21 heavy (non-hydrogen) atoms. The molecule has 1 amide bonds. The Morgan fingerprint density at radius 3 is 2.67 bits per heavy atom. The van der Waals surface area contributed by atoms with E-state index in [9.17, 15) is 9.18 Å². The molecule has 1 heterocycles. The number of ether oxygens (including phenoxy) is 1. The van der Waals surface area contributed by atoms with Crippen LogP contribution in [-0.2, 0) is 16.0 Å². The van der Waals surface area contributed by atoms with Crippen LogP contribution in [0, 0.1) is 5.82 Å². The van der Waals surface area contributed by atoms with Crippen molar-refractivity contribution in [3.63, 3.8) is 0 Å². The maximum atomic E-state index is 12.8. The van der Waals surface area contributed by atoms with E-state index in [2.05, 4.69) is 12.2 Å². The molecule has 116 valence electrons. The third kappa shape index (κ3) is 5.44. The third-order valence-electron chi connectivity index (χ3n) is 3.65. The van der Waals surface area contributed by atoms with Crippen LogP contribution in [0.5, 0.6) is 0 Å². The van der Waals surface area contributed by atoms with E-state index in [0.29, 0.717) is 39.3 Å². The molecule has 0 aliphatic carbocycles. The van der Waals surface area contributed by atoms with Crippen LogP contribution < -0.4 is 5.32 Å². The van der Waals surface area contributed by atoms with Crippen LogP contribution in [-0.4, -0.2) is 49.7 Å². The fourth-order valence-electron chi connectivity index (χ4n) is 2.44. The number of carbonyl (C=O) groups excluding carboxylic acids is 1. The summed E-state index contributed by atoms with van der Waals surface area (Å²) in [5.74, 6) is -0.0322. The van der Waals surface area contributed by atoms with Gasteiger partial charge >= 0.3 is 0 Å². The summed E-state index contributed by atoms with van der Waals surface area (Å²) in [4.78, 5) is 13.8. The van der Waals surface area contributed by atoms with Gasteiger partial charge in [0.05, 0.1) is 13.2 Å². The lowest BCUT2D eigenvalue weighted by atomic mass is 10.1. The van der Waals surface area contributed by atoms with E-state index < -0.39 is 0 Å². The molecule has 4 nitrogen and oxygen atoms in total. The van der Waals surface area contributed by atoms with Crippen LogP contribution in [0.4, 0.5) is 4.39 Å². The van der Waals surface area contributed by atoms with Gasteiger partial charge in [-0.15, -0.1) is 0 Å². The number of morpholine rings is 1. The van der Waals surface area contributed by atoms with Crippen LogP contribution in [0.15, 0.2) is 24.3 Å². The first-order valence-electron chi connectivity index (χ1n) is 7.48. The average molecular weight is 294 g/mol. The second-order valence-electron chi connectivity index (χ2n) is 5.43. The summed E-state index contributed by atoms with van der Waals surface area (Å²) in [6.45, 7) is 5.41. The summed E-state index contributed by atoms with van der Waals surface area (Å²) in [5, 5.41) is 3.34. The molecule has 1 aliphatic heterocycles. The average Bonchev–Trinajstić information content (AvgIpc) is 2.50. The second-order valence-corrected chi connectivity index (χ2v) is 5.43. The highest BCUT2D eigenvalue weighted by Gasteiger charge is 2.16. The lowest BCUT2D eigenvalue weighted by Crippen LogP contribution is -2.42. The van der Waals surface area contributed by atoms with Gasteiger partial charge in [-0.25, -0.2) is 4.39 Å². The van der Waals surface area contributed by atoms with Gasteiger partial charge in [-0.1, -0.05) is 12.1 Å². The van der Waals surface area contributed by atoms with Crippen molar-refractivity contribution in [2.75, 3.05) is 32.8 Å². The number of benzene rings is 1. The molecule has 1 aliphatic rings. The number of nitrogens with one attached hydrogen (secondary N) is 1. The highest BCUT2D eigenvalue weighted by Crippen LogP contribution is 2.06. The monoisotopic (exact) mass is 294 g/mol. The molecule has 1 N–H and O–H groups in total. The minimum atomic E-state index is -0.213. The van der Waals surface area contributed by atoms with E-state index in [1.54, 1.807) is 12.1 Å². The van der Waals surface area contributed by atoms with Crippen molar-refractivity contribution in [2.24, 2.45) is 0 Å². The number of nitrogens with zero attached hydrogens (tertiary/aromatic N) is 1. The first-order valence-corrected chi connectivity index (χ1v) is 7.48. The Balaban J connectivity index is 1.65. The summed E-state index contributed by atoms with van der Waals surface area (Å²) in [5.41, 5.74) is 1.09. The van der Waals surface area contributed by atoms with Gasteiger partial charge < -0.3 is 15.0 Å². The minimum absolute atomic E-state index is 0.180. The SMILES string of the molecule is CC(Cc1ccc(F)cc1)NCCC(=O)N1CCOCC1. The zero-order valence-corrected chi connectivity index (χ0v) is 12.5. The topological polar surface area (TPSA) is 41.6 Å². The van der Waals surface area contributed by atoms with Gasteiger partial charge in [0, 0.05) is 32.1 Å². The zero-order valence-electron chi connectivity index (χ0n) is 12.5. The van der Waals surface area contributed by atoms with Crippen molar-refractivity contribution < 1.29 is 13.9 Å². The van der Waals surface area contributed by atoms with Crippen LogP contribution in [0.2, 0.25) is 0 Å². The summed E-state index contributed by atoms with van der Waals surface area (Å²) in [6.07, 6.45) is 1.33. The van der Waals surface area contributed by atoms with Gasteiger partial charge in [0.15, 0.2) is 0 Å². The number of rotatable bonds is 6. The number of amides is 1. The summed E-state index contributed by atoms with van der Waals surface area (Å²) < 4.78 is 18.1. The van der Waals surface area contributed by atoms with Gasteiger partial charge in [0.25, 0.3) is 0 Å². The zero-order chi connectivity index (χ0) is 15.1. The first-order chi connectivity index (χ1) is 10.1. The lowest BCUT2D eigenvalue weighted by Gasteiger charge is -2.27. The van der Waals surface area contributed by atoms with E-state index in [1.165, 1.54) is 12.1 Å². The lowest BCUT2D eigenvalue weighted by molar-refractivity contribution is -0.135. The van der Waals surface area contributed by atoms with Crippen molar-refractivity contribution in [3.8, 4) is 0 Å². The molecule has 0 radical (unpaired) electrons. The molecule has 0 spiro atoms. The van der Waals surface area contributed by atoms with Crippen molar-refractivity contribution in [2.45, 2.75) is 25.8 Å². The number of halogens is 1. The predicted octanol–water partition coefficient (Wildman–Crippen LogP) is 1.60. The van der Waals surface area contributed by atoms with Crippen molar-refractivity contribution >= 4 is 5.91 Å². The van der Waals surface area contributed by atoms with Gasteiger partial charge in [-0.3, -0.25) is 4.79 Å². The molecular formula is C16H23FN2O2. The summed E-state index contributed by atoms with van der Waals surface area (Å²) >= 11 is 0. The molecule has 2 rings (SSSR count). The van der Waals surface area contributed by atoms with Crippen molar-refractivity contribution in [1.29, 1.82) is 0 Å². The highest BCUT2D eigenvalue weighted by molar-refractivity contribution is 5.76. The number of hydrogen-bond acceptors (Lipinski definition) is 3. The molecule has 0 saturated carbocycles. The van der Waals surface area contributed by atoms with E-state index in [-0.39, 0.29) is 17.8 Å². The van der Waals surface area contributed by atoms with Crippen LogP contribution >= 0.6 is 0 Å². The molecule has 0 bridgehead atoms. The molecule has 1 saturated heterocycles. The van der Waals surface area contributed by atoms with Crippen molar-refractivity contribution in [1.82, 2.24) is 10.2 Å². The van der Waals surface area contributed by atoms with E-state index in [0.717, 1.165) is 12.0 Å². The third-order valence-corrected chi connectivity index (χ3v) is 3.65. The number of hydrogen-bond donors (Lipinski definition) is 1. The number of carbonyl (C=O) groups is 1. The second kappa shape index (κ2) is 8.10. The molecular weight excluding hydrogens is 271 g/mol.